The Hall–Kier alpha value is -4.05. The number of hydrogen-bond acceptors (Lipinski definition) is 8. The van der Waals surface area contributed by atoms with Gasteiger partial charge in [-0.2, -0.15) is 0 Å². The maximum atomic E-state index is 12.6. The van der Waals surface area contributed by atoms with Crippen LogP contribution in [0.1, 0.15) is 40.7 Å². The van der Waals surface area contributed by atoms with E-state index in [1.165, 1.54) is 29.5 Å². The monoisotopic (exact) mass is 465 g/mol. The first-order valence-electron chi connectivity index (χ1n) is 10.2. The fraction of sp³-hybridized carbons (Fsp3) is 0.174. The van der Waals surface area contributed by atoms with E-state index in [1.54, 1.807) is 36.4 Å². The number of amides is 1. The smallest absolute Gasteiger partial charge is 0.338 e. The number of fused-ring (bicyclic) bond motifs is 1. The summed E-state index contributed by atoms with van der Waals surface area (Å²) in [5.41, 5.74) is 1.48. The molecule has 0 aliphatic heterocycles. The molecule has 1 N–H and O–H groups in total. The predicted octanol–water partition coefficient (Wildman–Crippen LogP) is 5.67. The molecule has 10 heteroatoms. The van der Waals surface area contributed by atoms with E-state index in [1.807, 2.05) is 6.92 Å². The summed E-state index contributed by atoms with van der Waals surface area (Å²) in [4.78, 5) is 39.6. The minimum Gasteiger partial charge on any atom is -0.462 e. The quantitative estimate of drug-likeness (QED) is 0.154. The van der Waals surface area contributed by atoms with Crippen molar-refractivity contribution < 1.29 is 23.7 Å². The standard InChI is InChI=1S/C23H19N3O6S/c1-2-3-11-31-22(28)15-7-8-17-20(13-15)33-23(24-17)25-21(27)19-10-9-18(32-19)14-5-4-6-16(12-14)26(29)30/h4-10,12-13H,2-3,11H2,1H3,(H,24,25,27). The summed E-state index contributed by atoms with van der Waals surface area (Å²) < 4.78 is 11.6. The van der Waals surface area contributed by atoms with Gasteiger partial charge >= 0.3 is 5.97 Å². The molecule has 9 nitrogen and oxygen atoms in total. The molecule has 4 rings (SSSR count). The molecule has 0 unspecified atom stereocenters. The van der Waals surface area contributed by atoms with Crippen LogP contribution >= 0.6 is 11.3 Å². The predicted molar refractivity (Wildman–Crippen MR) is 124 cm³/mol. The first kappa shape index (κ1) is 22.2. The molecule has 0 atom stereocenters. The highest BCUT2D eigenvalue weighted by molar-refractivity contribution is 7.22. The molecule has 0 spiro atoms. The van der Waals surface area contributed by atoms with Gasteiger partial charge in [0.25, 0.3) is 11.6 Å². The van der Waals surface area contributed by atoms with E-state index >= 15 is 0 Å². The normalized spacial score (nSPS) is 10.8. The molecule has 0 saturated carbocycles. The Balaban J connectivity index is 1.47. The lowest BCUT2D eigenvalue weighted by atomic mass is 10.1. The highest BCUT2D eigenvalue weighted by Crippen LogP contribution is 2.29. The Kier molecular flexibility index (Phi) is 6.45. The lowest BCUT2D eigenvalue weighted by Gasteiger charge is -2.03. The third-order valence-corrected chi connectivity index (χ3v) is 5.68. The van der Waals surface area contributed by atoms with Gasteiger partial charge in [-0.15, -0.1) is 0 Å². The molecular formula is C23H19N3O6S. The van der Waals surface area contributed by atoms with Crippen LogP contribution in [-0.4, -0.2) is 28.4 Å². The van der Waals surface area contributed by atoms with E-state index in [0.29, 0.717) is 34.1 Å². The number of ether oxygens (including phenoxy) is 1. The molecule has 0 bridgehead atoms. The second kappa shape index (κ2) is 9.61. The number of carbonyl (C=O) groups excluding carboxylic acids is 2. The van der Waals surface area contributed by atoms with E-state index in [9.17, 15) is 19.7 Å². The number of esters is 1. The number of non-ortho nitro benzene ring substituents is 1. The summed E-state index contributed by atoms with van der Waals surface area (Å²) in [6.07, 6.45) is 1.74. The molecule has 168 valence electrons. The minimum absolute atomic E-state index is 0.0379. The lowest BCUT2D eigenvalue weighted by molar-refractivity contribution is -0.384. The van der Waals surface area contributed by atoms with E-state index in [0.717, 1.165) is 17.5 Å². The van der Waals surface area contributed by atoms with Gasteiger partial charge < -0.3 is 9.15 Å². The van der Waals surface area contributed by atoms with Gasteiger partial charge in [0.2, 0.25) is 0 Å². The van der Waals surface area contributed by atoms with E-state index < -0.39 is 16.8 Å². The SMILES string of the molecule is CCCCOC(=O)c1ccc2nc(NC(=O)c3ccc(-c4cccc([N+](=O)[O-])c4)o3)sc2c1. The molecule has 33 heavy (non-hydrogen) atoms. The van der Waals surface area contributed by atoms with Gasteiger partial charge in [-0.05, 0) is 36.8 Å². The molecule has 2 aromatic carbocycles. The highest BCUT2D eigenvalue weighted by atomic mass is 32.1. The summed E-state index contributed by atoms with van der Waals surface area (Å²) in [6, 6.07) is 14.0. The van der Waals surface area contributed by atoms with Crippen molar-refractivity contribution in [3.63, 3.8) is 0 Å². The molecule has 0 radical (unpaired) electrons. The first-order chi connectivity index (χ1) is 15.9. The number of nitro groups is 1. The van der Waals surface area contributed by atoms with Crippen molar-refractivity contribution in [3.05, 3.63) is 76.0 Å². The zero-order valence-electron chi connectivity index (χ0n) is 17.6. The highest BCUT2D eigenvalue weighted by Gasteiger charge is 2.17. The second-order valence-electron chi connectivity index (χ2n) is 7.12. The molecule has 1 amide bonds. The van der Waals surface area contributed by atoms with Crippen LogP contribution in [0.4, 0.5) is 10.8 Å². The summed E-state index contributed by atoms with van der Waals surface area (Å²) in [7, 11) is 0. The minimum atomic E-state index is -0.509. The van der Waals surface area contributed by atoms with Gasteiger partial charge in [-0.25, -0.2) is 9.78 Å². The molecule has 0 fully saturated rings. The summed E-state index contributed by atoms with van der Waals surface area (Å²) in [5.74, 6) is -0.533. The van der Waals surface area contributed by atoms with E-state index in [2.05, 4.69) is 10.3 Å². The van der Waals surface area contributed by atoms with Crippen molar-refractivity contribution in [2.24, 2.45) is 0 Å². The molecule has 4 aromatic rings. The number of nitrogens with zero attached hydrogens (tertiary/aromatic N) is 2. The van der Waals surface area contributed by atoms with Gasteiger partial charge in [-0.1, -0.05) is 36.8 Å². The number of nitro benzene ring substituents is 1. The average Bonchev–Trinajstić information content (AvgIpc) is 3.45. The van der Waals surface area contributed by atoms with Crippen LogP contribution in [0.3, 0.4) is 0 Å². The van der Waals surface area contributed by atoms with E-state index in [4.69, 9.17) is 9.15 Å². The van der Waals surface area contributed by atoms with Crippen molar-refractivity contribution in [3.8, 4) is 11.3 Å². The number of hydrogen-bond donors (Lipinski definition) is 1. The van der Waals surface area contributed by atoms with Crippen molar-refractivity contribution in [2.75, 3.05) is 11.9 Å². The Labute approximate surface area is 192 Å². The molecule has 0 saturated heterocycles. The average molecular weight is 465 g/mol. The summed E-state index contributed by atoms with van der Waals surface area (Å²) >= 11 is 1.22. The topological polar surface area (TPSA) is 125 Å². The zero-order valence-corrected chi connectivity index (χ0v) is 18.4. The van der Waals surface area contributed by atoms with Crippen molar-refractivity contribution in [1.82, 2.24) is 4.98 Å². The van der Waals surface area contributed by atoms with Crippen LogP contribution in [-0.2, 0) is 4.74 Å². The molecule has 2 heterocycles. The van der Waals surface area contributed by atoms with Crippen molar-refractivity contribution in [1.29, 1.82) is 0 Å². The zero-order chi connectivity index (χ0) is 23.4. The number of furan rings is 1. The third-order valence-electron chi connectivity index (χ3n) is 4.75. The number of nitrogens with one attached hydrogen (secondary N) is 1. The summed E-state index contributed by atoms with van der Waals surface area (Å²) in [5, 5.41) is 14.0. The maximum Gasteiger partial charge on any atom is 0.338 e. The summed E-state index contributed by atoms with van der Waals surface area (Å²) in [6.45, 7) is 2.39. The number of unbranched alkanes of at least 4 members (excludes halogenated alkanes) is 1. The van der Waals surface area contributed by atoms with Crippen LogP contribution in [0.25, 0.3) is 21.5 Å². The molecule has 2 aromatic heterocycles. The number of rotatable bonds is 8. The van der Waals surface area contributed by atoms with Crippen LogP contribution in [0, 0.1) is 10.1 Å². The van der Waals surface area contributed by atoms with Crippen molar-refractivity contribution >= 4 is 44.2 Å². The van der Waals surface area contributed by atoms with Gasteiger partial charge in [0, 0.05) is 17.7 Å². The fourth-order valence-corrected chi connectivity index (χ4v) is 3.94. The second-order valence-corrected chi connectivity index (χ2v) is 8.15. The number of aromatic nitrogens is 1. The van der Waals surface area contributed by atoms with Crippen LogP contribution in [0.5, 0.6) is 0 Å². The fourth-order valence-electron chi connectivity index (χ4n) is 3.04. The largest absolute Gasteiger partial charge is 0.462 e. The van der Waals surface area contributed by atoms with Crippen LogP contribution in [0.15, 0.2) is 59.0 Å². The molecule has 0 aliphatic rings. The van der Waals surface area contributed by atoms with Gasteiger partial charge in [-0.3, -0.25) is 20.2 Å². The van der Waals surface area contributed by atoms with Gasteiger partial charge in [0.05, 0.1) is 27.3 Å². The Morgan fingerprint density at radius 1 is 1.18 bits per heavy atom. The van der Waals surface area contributed by atoms with Crippen LogP contribution in [0.2, 0.25) is 0 Å². The Morgan fingerprint density at radius 3 is 2.82 bits per heavy atom. The van der Waals surface area contributed by atoms with E-state index in [-0.39, 0.29) is 11.4 Å². The Bertz CT molecular complexity index is 1340. The number of benzene rings is 2. The third kappa shape index (κ3) is 5.07. The first-order valence-corrected chi connectivity index (χ1v) is 11.0. The molecular weight excluding hydrogens is 446 g/mol. The van der Waals surface area contributed by atoms with Gasteiger partial charge in [0.15, 0.2) is 10.9 Å². The Morgan fingerprint density at radius 2 is 2.03 bits per heavy atom. The van der Waals surface area contributed by atoms with Crippen LogP contribution < -0.4 is 5.32 Å². The number of anilines is 1. The molecule has 0 aliphatic carbocycles. The number of thiazole rings is 1. The van der Waals surface area contributed by atoms with Crippen molar-refractivity contribution in [2.45, 2.75) is 19.8 Å². The lowest BCUT2D eigenvalue weighted by Crippen LogP contribution is -2.10. The maximum absolute atomic E-state index is 12.6. The van der Waals surface area contributed by atoms with Gasteiger partial charge in [0.1, 0.15) is 5.76 Å². The number of carbonyl (C=O) groups is 2.